The number of hydrogen-bond donors (Lipinski definition) is 1. The molecule has 0 unspecified atom stereocenters. The Labute approximate surface area is 163 Å². The van der Waals surface area contributed by atoms with Gasteiger partial charge in [-0.2, -0.15) is 13.2 Å². The largest absolute Gasteiger partial charge is 0.489 e. The summed E-state index contributed by atoms with van der Waals surface area (Å²) < 4.78 is 45.5. The number of carbonyl (C=O) groups is 1. The quantitative estimate of drug-likeness (QED) is 0.471. The van der Waals surface area contributed by atoms with E-state index in [0.717, 1.165) is 23.0 Å². The van der Waals surface area contributed by atoms with Crippen LogP contribution in [0.4, 0.5) is 13.2 Å². The molecule has 0 aliphatic heterocycles. The molecule has 3 rings (SSSR count). The molecule has 0 aliphatic rings. The minimum absolute atomic E-state index is 0.113. The molecular weight excluding hydrogens is 389 g/mol. The molecule has 1 N–H and O–H groups in total. The molecule has 0 bridgehead atoms. The number of ether oxygens (including phenoxy) is 1. The zero-order valence-electron chi connectivity index (χ0n) is 15.3. The average Bonchev–Trinajstić information content (AvgIpc) is 2.98. The number of alkyl halides is 3. The number of nitrogens with zero attached hydrogens (tertiary/aromatic N) is 2. The number of oxime groups is 1. The zero-order valence-corrected chi connectivity index (χ0v) is 15.3. The van der Waals surface area contributed by atoms with Crippen molar-refractivity contribution in [2.24, 2.45) is 12.2 Å². The number of aromatic nitrogens is 1. The first-order valence-electron chi connectivity index (χ1n) is 8.49. The normalized spacial score (nSPS) is 11.9. The van der Waals surface area contributed by atoms with Crippen molar-refractivity contribution < 1.29 is 32.6 Å². The van der Waals surface area contributed by atoms with Gasteiger partial charge in [-0.1, -0.05) is 17.3 Å². The Kier molecular flexibility index (Phi) is 5.76. The fourth-order valence-electron chi connectivity index (χ4n) is 2.74. The predicted molar refractivity (Wildman–Crippen MR) is 99.9 cm³/mol. The highest BCUT2D eigenvalue weighted by Gasteiger charge is 2.29. The molecule has 0 fully saturated rings. The number of hydrogen-bond acceptors (Lipinski definition) is 4. The molecule has 0 spiro atoms. The van der Waals surface area contributed by atoms with Crippen molar-refractivity contribution in [2.45, 2.75) is 12.8 Å². The molecule has 1 heterocycles. The van der Waals surface area contributed by atoms with Crippen LogP contribution in [-0.2, 0) is 29.5 Å². The summed E-state index contributed by atoms with van der Waals surface area (Å²) in [4.78, 5) is 15.1. The van der Waals surface area contributed by atoms with Gasteiger partial charge in [0.1, 0.15) is 12.4 Å². The molecule has 0 saturated heterocycles. The second-order valence-electron chi connectivity index (χ2n) is 6.26. The van der Waals surface area contributed by atoms with Gasteiger partial charge in [0, 0.05) is 29.7 Å². The second kappa shape index (κ2) is 8.26. The van der Waals surface area contributed by atoms with E-state index in [1.54, 1.807) is 18.3 Å². The molecule has 9 heteroatoms. The highest BCUT2D eigenvalue weighted by Crippen LogP contribution is 2.29. The maximum atomic E-state index is 12.6. The van der Waals surface area contributed by atoms with E-state index in [2.05, 4.69) is 9.99 Å². The summed E-state index contributed by atoms with van der Waals surface area (Å²) in [7, 11) is 1.85. The molecule has 0 aliphatic carbocycles. The molecule has 29 heavy (non-hydrogen) atoms. The van der Waals surface area contributed by atoms with E-state index in [4.69, 9.17) is 9.84 Å². The van der Waals surface area contributed by atoms with Gasteiger partial charge in [-0.15, -0.1) is 0 Å². The number of carboxylic acid groups (broad SMARTS) is 1. The number of carboxylic acids is 1. The summed E-state index contributed by atoms with van der Waals surface area (Å²) in [5, 5.41) is 13.0. The summed E-state index contributed by atoms with van der Waals surface area (Å²) in [6.07, 6.45) is -1.16. The van der Waals surface area contributed by atoms with Crippen LogP contribution >= 0.6 is 0 Å². The number of rotatable bonds is 7. The van der Waals surface area contributed by atoms with Crippen molar-refractivity contribution in [1.29, 1.82) is 0 Å². The van der Waals surface area contributed by atoms with E-state index in [1.165, 1.54) is 18.3 Å². The van der Waals surface area contributed by atoms with E-state index in [9.17, 15) is 18.0 Å². The summed E-state index contributed by atoms with van der Waals surface area (Å²) in [5.74, 6) is -0.594. The summed E-state index contributed by atoms with van der Waals surface area (Å²) >= 11 is 0. The Hall–Kier alpha value is -3.49. The Bertz CT molecular complexity index is 1040. The average molecular weight is 406 g/mol. The fourth-order valence-corrected chi connectivity index (χ4v) is 2.74. The third-order valence-corrected chi connectivity index (χ3v) is 4.13. The summed E-state index contributed by atoms with van der Waals surface area (Å²) in [6, 6.07) is 10.2. The van der Waals surface area contributed by atoms with Crippen LogP contribution < -0.4 is 4.74 Å². The maximum absolute atomic E-state index is 12.6. The lowest BCUT2D eigenvalue weighted by molar-refractivity contribution is -0.142. The molecule has 152 valence electrons. The second-order valence-corrected chi connectivity index (χ2v) is 6.26. The molecule has 0 amide bonds. The van der Waals surface area contributed by atoms with E-state index in [1.807, 2.05) is 17.7 Å². The van der Waals surface area contributed by atoms with Gasteiger partial charge in [0.25, 0.3) is 0 Å². The predicted octanol–water partition coefficient (Wildman–Crippen LogP) is 4.21. The van der Waals surface area contributed by atoms with Crippen molar-refractivity contribution in [2.75, 3.05) is 6.61 Å². The van der Waals surface area contributed by atoms with Crippen LogP contribution in [0.5, 0.6) is 5.75 Å². The van der Waals surface area contributed by atoms with Gasteiger partial charge in [0.2, 0.25) is 6.61 Å². The first kappa shape index (κ1) is 20.2. The first-order valence-corrected chi connectivity index (χ1v) is 8.49. The zero-order chi connectivity index (χ0) is 21.0. The summed E-state index contributed by atoms with van der Waals surface area (Å²) in [6.45, 7) is -0.426. The Balaban J connectivity index is 1.73. The SMILES string of the molecule is Cn1cc(C=NOCC(=O)O)c2cc(OCc3ccc(C(F)(F)F)cc3)ccc21. The minimum Gasteiger partial charge on any atom is -0.489 e. The fraction of sp³-hybridized carbons (Fsp3) is 0.200. The highest BCUT2D eigenvalue weighted by atomic mass is 19.4. The van der Waals surface area contributed by atoms with Gasteiger partial charge in [-0.05, 0) is 35.9 Å². The maximum Gasteiger partial charge on any atom is 0.416 e. The number of aryl methyl sites for hydroxylation is 1. The number of aliphatic carboxylic acids is 1. The van der Waals surface area contributed by atoms with Crippen LogP contribution in [0.2, 0.25) is 0 Å². The van der Waals surface area contributed by atoms with Gasteiger partial charge < -0.3 is 19.2 Å². The molecular formula is C20H17F3N2O4. The van der Waals surface area contributed by atoms with Crippen molar-refractivity contribution in [3.63, 3.8) is 0 Å². The third-order valence-electron chi connectivity index (χ3n) is 4.13. The number of halogens is 3. The standard InChI is InChI=1S/C20H17F3N2O4/c1-25-10-14(9-24-29-12-19(26)27)17-8-16(6-7-18(17)25)28-11-13-2-4-15(5-3-13)20(21,22)23/h2-10H,11-12H2,1H3,(H,26,27). The monoisotopic (exact) mass is 406 g/mol. The van der Waals surface area contributed by atoms with Crippen LogP contribution in [0.15, 0.2) is 53.8 Å². The molecule has 2 aromatic carbocycles. The molecule has 0 radical (unpaired) electrons. The lowest BCUT2D eigenvalue weighted by Crippen LogP contribution is -2.05. The van der Waals surface area contributed by atoms with Gasteiger partial charge in [-0.3, -0.25) is 0 Å². The number of fused-ring (bicyclic) bond motifs is 1. The topological polar surface area (TPSA) is 73.1 Å². The van der Waals surface area contributed by atoms with E-state index in [0.29, 0.717) is 16.9 Å². The minimum atomic E-state index is -4.37. The van der Waals surface area contributed by atoms with Crippen LogP contribution in [0, 0.1) is 0 Å². The van der Waals surface area contributed by atoms with E-state index < -0.39 is 24.3 Å². The Morgan fingerprint density at radius 1 is 1.21 bits per heavy atom. The van der Waals surface area contributed by atoms with Crippen molar-refractivity contribution in [3.8, 4) is 5.75 Å². The van der Waals surface area contributed by atoms with Gasteiger partial charge in [-0.25, -0.2) is 4.79 Å². The number of benzene rings is 2. The van der Waals surface area contributed by atoms with Gasteiger partial charge in [0.05, 0.1) is 11.8 Å². The van der Waals surface area contributed by atoms with Crippen LogP contribution in [-0.4, -0.2) is 28.5 Å². The van der Waals surface area contributed by atoms with Crippen molar-refractivity contribution in [3.05, 3.63) is 65.4 Å². The molecule has 0 atom stereocenters. The molecule has 6 nitrogen and oxygen atoms in total. The van der Waals surface area contributed by atoms with E-state index in [-0.39, 0.29) is 6.61 Å². The lowest BCUT2D eigenvalue weighted by Gasteiger charge is -2.09. The van der Waals surface area contributed by atoms with Crippen molar-refractivity contribution in [1.82, 2.24) is 4.57 Å². The van der Waals surface area contributed by atoms with Crippen molar-refractivity contribution >= 4 is 23.1 Å². The van der Waals surface area contributed by atoms with Crippen LogP contribution in [0.25, 0.3) is 10.9 Å². The summed E-state index contributed by atoms with van der Waals surface area (Å²) in [5.41, 5.74) is 1.50. The van der Waals surface area contributed by atoms with Gasteiger partial charge in [0.15, 0.2) is 0 Å². The lowest BCUT2D eigenvalue weighted by atomic mass is 10.1. The highest BCUT2D eigenvalue weighted by molar-refractivity contribution is 5.99. The Morgan fingerprint density at radius 3 is 2.59 bits per heavy atom. The molecule has 1 aromatic heterocycles. The molecule has 0 saturated carbocycles. The third kappa shape index (κ3) is 5.07. The first-order chi connectivity index (χ1) is 13.7. The Morgan fingerprint density at radius 2 is 1.93 bits per heavy atom. The van der Waals surface area contributed by atoms with Crippen LogP contribution in [0.1, 0.15) is 16.7 Å². The van der Waals surface area contributed by atoms with Crippen LogP contribution in [0.3, 0.4) is 0 Å². The van der Waals surface area contributed by atoms with Gasteiger partial charge >= 0.3 is 12.1 Å². The van der Waals surface area contributed by atoms with E-state index >= 15 is 0 Å². The molecule has 3 aromatic rings. The smallest absolute Gasteiger partial charge is 0.416 e.